The van der Waals surface area contributed by atoms with E-state index < -0.39 is 16.6 Å². The van der Waals surface area contributed by atoms with Crippen LogP contribution in [0.3, 0.4) is 0 Å². The van der Waals surface area contributed by atoms with Crippen LogP contribution in [-0.4, -0.2) is 32.5 Å². The summed E-state index contributed by atoms with van der Waals surface area (Å²) in [5, 5.41) is 3.52. The van der Waals surface area contributed by atoms with E-state index in [1.807, 2.05) is 0 Å². The second kappa shape index (κ2) is 5.45. The summed E-state index contributed by atoms with van der Waals surface area (Å²) in [6.45, 7) is 0.978. The highest BCUT2D eigenvalue weighted by Crippen LogP contribution is 2.10. The van der Waals surface area contributed by atoms with Crippen molar-refractivity contribution < 1.29 is 8.60 Å². The van der Waals surface area contributed by atoms with Gasteiger partial charge in [0.05, 0.1) is 23.2 Å². The van der Waals surface area contributed by atoms with Crippen LogP contribution in [0, 0.1) is 5.82 Å². The molecule has 16 heavy (non-hydrogen) atoms. The topological polar surface area (TPSA) is 54.9 Å². The lowest BCUT2D eigenvalue weighted by Crippen LogP contribution is -2.38. The molecule has 2 heterocycles. The van der Waals surface area contributed by atoms with E-state index >= 15 is 0 Å². The number of hydrogen-bond acceptors (Lipinski definition) is 4. The molecule has 0 saturated carbocycles. The number of aromatic nitrogens is 2. The highest BCUT2D eigenvalue weighted by molar-refractivity contribution is 7.84. The molecule has 0 amide bonds. The highest BCUT2D eigenvalue weighted by atomic mass is 32.2. The maximum absolute atomic E-state index is 12.6. The van der Waals surface area contributed by atoms with Gasteiger partial charge in [0.15, 0.2) is 5.82 Å². The summed E-state index contributed by atoms with van der Waals surface area (Å²) in [6.07, 6.45) is 5.48. The molecule has 1 aliphatic heterocycles. The molecular formula is C10H14FN3OS. The summed E-state index contributed by atoms with van der Waals surface area (Å²) < 4.78 is 24.4. The molecule has 2 atom stereocenters. The fourth-order valence-electron chi connectivity index (χ4n) is 1.74. The van der Waals surface area contributed by atoms with Crippen LogP contribution in [0.25, 0.3) is 0 Å². The lowest BCUT2D eigenvalue weighted by molar-refractivity contribution is 0.427. The van der Waals surface area contributed by atoms with E-state index in [0.717, 1.165) is 25.4 Å². The molecule has 1 aromatic rings. The standard InChI is InChI=1S/C10H14FN3OS/c11-8-5-13-10(14-6-8)16(15)7-9-3-1-2-4-12-9/h5-6,9,12H,1-4,7H2. The zero-order valence-electron chi connectivity index (χ0n) is 8.86. The van der Waals surface area contributed by atoms with Crippen molar-refractivity contribution in [2.45, 2.75) is 30.5 Å². The lowest BCUT2D eigenvalue weighted by atomic mass is 10.1. The van der Waals surface area contributed by atoms with E-state index in [1.165, 1.54) is 12.8 Å². The van der Waals surface area contributed by atoms with Gasteiger partial charge in [-0.15, -0.1) is 0 Å². The van der Waals surface area contributed by atoms with Crippen LogP contribution >= 0.6 is 0 Å². The smallest absolute Gasteiger partial charge is 0.218 e. The molecule has 4 nitrogen and oxygen atoms in total. The van der Waals surface area contributed by atoms with Gasteiger partial charge in [0, 0.05) is 11.8 Å². The van der Waals surface area contributed by atoms with Crippen LogP contribution in [0.2, 0.25) is 0 Å². The van der Waals surface area contributed by atoms with Crippen molar-refractivity contribution in [1.82, 2.24) is 15.3 Å². The van der Waals surface area contributed by atoms with Crippen molar-refractivity contribution >= 4 is 10.8 Å². The van der Waals surface area contributed by atoms with Crippen molar-refractivity contribution in [3.8, 4) is 0 Å². The normalized spacial score (nSPS) is 22.9. The molecule has 88 valence electrons. The Balaban J connectivity index is 1.94. The third-order valence-corrected chi connectivity index (χ3v) is 3.89. The first-order valence-corrected chi connectivity index (χ1v) is 6.67. The first-order valence-electron chi connectivity index (χ1n) is 5.35. The van der Waals surface area contributed by atoms with Crippen molar-refractivity contribution in [3.05, 3.63) is 18.2 Å². The molecule has 0 aliphatic carbocycles. The predicted octanol–water partition coefficient (Wildman–Crippen LogP) is 0.865. The Morgan fingerprint density at radius 3 is 2.81 bits per heavy atom. The first-order chi connectivity index (χ1) is 7.75. The molecule has 6 heteroatoms. The van der Waals surface area contributed by atoms with Crippen LogP contribution < -0.4 is 5.32 Å². The van der Waals surface area contributed by atoms with Crippen LogP contribution in [0.5, 0.6) is 0 Å². The Kier molecular flexibility index (Phi) is 3.95. The van der Waals surface area contributed by atoms with Gasteiger partial charge in [0.1, 0.15) is 0 Å². The summed E-state index contributed by atoms with van der Waals surface area (Å²) in [6, 6.07) is 0.267. The second-order valence-corrected chi connectivity index (χ2v) is 5.23. The quantitative estimate of drug-likeness (QED) is 0.800. The fraction of sp³-hybridized carbons (Fsp3) is 0.600. The van der Waals surface area contributed by atoms with Crippen molar-refractivity contribution in [2.75, 3.05) is 12.3 Å². The van der Waals surface area contributed by atoms with E-state index in [-0.39, 0.29) is 11.2 Å². The first kappa shape index (κ1) is 11.6. The Labute approximate surface area is 96.1 Å². The molecule has 0 aromatic carbocycles. The van der Waals surface area contributed by atoms with Crippen molar-refractivity contribution in [2.24, 2.45) is 0 Å². The third-order valence-electron chi connectivity index (χ3n) is 2.57. The molecule has 0 bridgehead atoms. The minimum atomic E-state index is -1.24. The zero-order valence-corrected chi connectivity index (χ0v) is 9.67. The fourth-order valence-corrected chi connectivity index (χ4v) is 2.88. The maximum atomic E-state index is 12.6. The van der Waals surface area contributed by atoms with Crippen LogP contribution in [0.15, 0.2) is 17.6 Å². The van der Waals surface area contributed by atoms with Crippen molar-refractivity contribution in [1.29, 1.82) is 0 Å². The molecule has 2 unspecified atom stereocenters. The van der Waals surface area contributed by atoms with E-state index in [0.29, 0.717) is 5.75 Å². The molecule has 0 spiro atoms. The third kappa shape index (κ3) is 3.05. The van der Waals surface area contributed by atoms with Gasteiger partial charge >= 0.3 is 0 Å². The average molecular weight is 243 g/mol. The summed E-state index contributed by atoms with van der Waals surface area (Å²) >= 11 is 0. The van der Waals surface area contributed by atoms with Crippen molar-refractivity contribution in [3.63, 3.8) is 0 Å². The Morgan fingerprint density at radius 2 is 2.19 bits per heavy atom. The average Bonchev–Trinajstić information content (AvgIpc) is 2.31. The number of nitrogens with zero attached hydrogens (tertiary/aromatic N) is 2. The molecule has 2 rings (SSSR count). The summed E-state index contributed by atoms with van der Waals surface area (Å²) in [5.41, 5.74) is 0. The van der Waals surface area contributed by atoms with E-state index in [1.54, 1.807) is 0 Å². The molecule has 1 N–H and O–H groups in total. The Bertz CT molecular complexity index is 365. The number of piperidine rings is 1. The molecule has 1 saturated heterocycles. The van der Waals surface area contributed by atoms with Gasteiger partial charge in [-0.3, -0.25) is 4.21 Å². The minimum absolute atomic E-state index is 0.216. The number of rotatable bonds is 3. The van der Waals surface area contributed by atoms with Crippen LogP contribution in [-0.2, 0) is 10.8 Å². The monoisotopic (exact) mass is 243 g/mol. The van der Waals surface area contributed by atoms with Gasteiger partial charge in [-0.2, -0.15) is 0 Å². The van der Waals surface area contributed by atoms with Gasteiger partial charge in [-0.1, -0.05) is 6.42 Å². The highest BCUT2D eigenvalue weighted by Gasteiger charge is 2.17. The molecule has 1 fully saturated rings. The van der Waals surface area contributed by atoms with E-state index in [2.05, 4.69) is 15.3 Å². The lowest BCUT2D eigenvalue weighted by Gasteiger charge is -2.22. The SMILES string of the molecule is O=S(CC1CCCCN1)c1ncc(F)cn1. The van der Waals surface area contributed by atoms with Gasteiger partial charge < -0.3 is 5.32 Å². The van der Waals surface area contributed by atoms with Crippen LogP contribution in [0.4, 0.5) is 4.39 Å². The van der Waals surface area contributed by atoms with Crippen LogP contribution in [0.1, 0.15) is 19.3 Å². The van der Waals surface area contributed by atoms with Gasteiger partial charge in [-0.05, 0) is 19.4 Å². The largest absolute Gasteiger partial charge is 0.313 e. The van der Waals surface area contributed by atoms with Gasteiger partial charge in [0.2, 0.25) is 5.16 Å². The molecule has 1 aromatic heterocycles. The molecule has 1 aliphatic rings. The number of hydrogen-bond donors (Lipinski definition) is 1. The molecule has 0 radical (unpaired) electrons. The predicted molar refractivity (Wildman–Crippen MR) is 58.9 cm³/mol. The number of nitrogens with one attached hydrogen (secondary N) is 1. The summed E-state index contributed by atoms with van der Waals surface area (Å²) in [4.78, 5) is 7.46. The Hall–Kier alpha value is -0.880. The van der Waals surface area contributed by atoms with Gasteiger partial charge in [-0.25, -0.2) is 14.4 Å². The zero-order chi connectivity index (χ0) is 11.4. The number of halogens is 1. The van der Waals surface area contributed by atoms with E-state index in [4.69, 9.17) is 0 Å². The van der Waals surface area contributed by atoms with Gasteiger partial charge in [0.25, 0.3) is 0 Å². The Morgan fingerprint density at radius 1 is 1.44 bits per heavy atom. The summed E-state index contributed by atoms with van der Waals surface area (Å²) in [5.74, 6) is 0.00239. The second-order valence-electron chi connectivity index (χ2n) is 3.84. The minimum Gasteiger partial charge on any atom is -0.313 e. The van der Waals surface area contributed by atoms with E-state index in [9.17, 15) is 8.60 Å². The maximum Gasteiger partial charge on any atom is 0.218 e. The molecular weight excluding hydrogens is 229 g/mol. The summed E-state index contributed by atoms with van der Waals surface area (Å²) in [7, 11) is -1.24.